The number of benzene rings is 2. The van der Waals surface area contributed by atoms with Crippen LogP contribution in [0.2, 0.25) is 0 Å². The zero-order valence-electron chi connectivity index (χ0n) is 16.1. The molecule has 0 saturated carbocycles. The number of carbonyl (C=O) groups is 2. The van der Waals surface area contributed by atoms with Crippen LogP contribution in [0.1, 0.15) is 28.4 Å². The fourth-order valence-corrected chi connectivity index (χ4v) is 3.19. The lowest BCUT2D eigenvalue weighted by molar-refractivity contribution is -0.120. The van der Waals surface area contributed by atoms with Gasteiger partial charge in [-0.05, 0) is 29.8 Å². The Bertz CT molecular complexity index is 934. The molecule has 1 heterocycles. The van der Waals surface area contributed by atoms with Crippen molar-refractivity contribution in [3.63, 3.8) is 0 Å². The van der Waals surface area contributed by atoms with Crippen LogP contribution >= 0.6 is 15.9 Å². The molecule has 9 heteroatoms. The molecule has 8 nitrogen and oxygen atoms in total. The van der Waals surface area contributed by atoms with Crippen LogP contribution < -0.4 is 24.8 Å². The summed E-state index contributed by atoms with van der Waals surface area (Å²) in [5, 5.41) is 5.23. The number of guanidine groups is 1. The van der Waals surface area contributed by atoms with Gasteiger partial charge >= 0.3 is 0 Å². The molecular weight excluding hydrogens is 442 g/mol. The van der Waals surface area contributed by atoms with Gasteiger partial charge in [0, 0.05) is 10.0 Å². The van der Waals surface area contributed by atoms with Gasteiger partial charge in [-0.25, -0.2) is 4.99 Å². The molecule has 2 N–H and O–H groups in total. The van der Waals surface area contributed by atoms with Gasteiger partial charge in [-0.2, -0.15) is 0 Å². The quantitative estimate of drug-likeness (QED) is 0.713. The molecule has 0 spiro atoms. The van der Waals surface area contributed by atoms with Crippen LogP contribution in [0.25, 0.3) is 0 Å². The van der Waals surface area contributed by atoms with Crippen LogP contribution in [-0.2, 0) is 4.79 Å². The summed E-state index contributed by atoms with van der Waals surface area (Å²) in [7, 11) is 4.41. The molecule has 2 aromatic rings. The minimum Gasteiger partial charge on any atom is -0.493 e. The topological polar surface area (TPSA) is 98.2 Å². The molecule has 3 rings (SSSR count). The minimum absolute atomic E-state index is 0.0907. The predicted octanol–water partition coefficient (Wildman–Crippen LogP) is 2.82. The largest absolute Gasteiger partial charge is 0.493 e. The summed E-state index contributed by atoms with van der Waals surface area (Å²) in [6, 6.07) is 10.2. The number of nitrogens with zero attached hydrogens (tertiary/aromatic N) is 1. The number of halogens is 1. The third-order valence-corrected chi connectivity index (χ3v) is 4.86. The Balaban J connectivity index is 1.85. The highest BCUT2D eigenvalue weighted by Crippen LogP contribution is 2.38. The number of nitrogens with one attached hydrogen (secondary N) is 2. The minimum atomic E-state index is -0.472. The van der Waals surface area contributed by atoms with E-state index in [4.69, 9.17) is 14.2 Å². The van der Waals surface area contributed by atoms with Crippen LogP contribution in [-0.4, -0.2) is 39.1 Å². The summed E-state index contributed by atoms with van der Waals surface area (Å²) < 4.78 is 16.7. The number of rotatable bonds is 5. The lowest BCUT2D eigenvalue weighted by atomic mass is 10.0. The van der Waals surface area contributed by atoms with Crippen LogP contribution in [0.15, 0.2) is 45.9 Å². The second-order valence-electron chi connectivity index (χ2n) is 6.17. The van der Waals surface area contributed by atoms with Gasteiger partial charge in [0.1, 0.15) is 0 Å². The molecule has 0 saturated heterocycles. The van der Waals surface area contributed by atoms with E-state index in [2.05, 4.69) is 31.6 Å². The molecule has 0 aromatic heterocycles. The van der Waals surface area contributed by atoms with E-state index in [0.29, 0.717) is 17.2 Å². The average Bonchev–Trinajstić information content (AvgIpc) is 2.72. The van der Waals surface area contributed by atoms with E-state index < -0.39 is 5.91 Å². The molecule has 1 aliphatic rings. The van der Waals surface area contributed by atoms with Gasteiger partial charge in [-0.15, -0.1) is 0 Å². The van der Waals surface area contributed by atoms with Crippen LogP contribution in [0, 0.1) is 0 Å². The molecule has 152 valence electrons. The van der Waals surface area contributed by atoms with E-state index in [-0.39, 0.29) is 29.9 Å². The summed E-state index contributed by atoms with van der Waals surface area (Å²) in [5.41, 5.74) is 1.14. The van der Waals surface area contributed by atoms with Crippen LogP contribution in [0.4, 0.5) is 0 Å². The molecule has 1 atom stereocenters. The fourth-order valence-electron chi connectivity index (χ4n) is 2.93. The Hall–Kier alpha value is -3.07. The lowest BCUT2D eigenvalue weighted by Gasteiger charge is -2.21. The summed E-state index contributed by atoms with van der Waals surface area (Å²) in [5.74, 6) is 0.463. The summed E-state index contributed by atoms with van der Waals surface area (Å²) >= 11 is 3.38. The lowest BCUT2D eigenvalue weighted by Crippen LogP contribution is -2.47. The molecule has 0 fully saturated rings. The number of carbonyl (C=O) groups excluding carboxylic acids is 2. The maximum absolute atomic E-state index is 12.7. The van der Waals surface area contributed by atoms with E-state index >= 15 is 0 Å². The summed E-state index contributed by atoms with van der Waals surface area (Å²) in [4.78, 5) is 29.3. The monoisotopic (exact) mass is 461 g/mol. The van der Waals surface area contributed by atoms with E-state index in [1.54, 1.807) is 0 Å². The van der Waals surface area contributed by atoms with Gasteiger partial charge < -0.3 is 14.2 Å². The van der Waals surface area contributed by atoms with Crippen molar-refractivity contribution >= 4 is 33.7 Å². The molecule has 0 bridgehead atoms. The molecule has 29 heavy (non-hydrogen) atoms. The van der Waals surface area contributed by atoms with E-state index in [9.17, 15) is 9.59 Å². The van der Waals surface area contributed by atoms with Crippen molar-refractivity contribution in [2.45, 2.75) is 12.5 Å². The highest BCUT2D eigenvalue weighted by atomic mass is 79.9. The first-order valence-corrected chi connectivity index (χ1v) is 9.49. The number of hydrogen-bond acceptors (Lipinski definition) is 6. The van der Waals surface area contributed by atoms with Crippen molar-refractivity contribution in [2.24, 2.45) is 4.99 Å². The van der Waals surface area contributed by atoms with Crippen molar-refractivity contribution in [1.82, 2.24) is 10.6 Å². The van der Waals surface area contributed by atoms with Crippen molar-refractivity contribution in [1.29, 1.82) is 0 Å². The second-order valence-corrected chi connectivity index (χ2v) is 7.08. The molecular formula is C20H20BrN3O5. The Morgan fingerprint density at radius 1 is 1.10 bits per heavy atom. The highest BCUT2D eigenvalue weighted by molar-refractivity contribution is 9.10. The summed E-state index contributed by atoms with van der Waals surface area (Å²) in [6.07, 6.45) is 0.200. The standard InChI is InChI=1S/C20H20BrN3O5/c1-27-15-8-12(9-16(28-2)18(15)29-3)19(26)24-20-22-14(10-17(25)23-20)11-4-6-13(21)7-5-11/h4-9,14H,10H2,1-3H3,(H2,22,23,24,25,26). The van der Waals surface area contributed by atoms with Gasteiger partial charge in [-0.3, -0.25) is 20.2 Å². The summed E-state index contributed by atoms with van der Waals surface area (Å²) in [6.45, 7) is 0. The molecule has 2 amide bonds. The Morgan fingerprint density at radius 2 is 1.72 bits per heavy atom. The van der Waals surface area contributed by atoms with Gasteiger partial charge in [-0.1, -0.05) is 28.1 Å². The number of ether oxygens (including phenoxy) is 3. The smallest absolute Gasteiger partial charge is 0.258 e. The van der Waals surface area contributed by atoms with Crippen molar-refractivity contribution < 1.29 is 23.8 Å². The maximum Gasteiger partial charge on any atom is 0.258 e. The maximum atomic E-state index is 12.7. The van der Waals surface area contributed by atoms with Crippen molar-refractivity contribution in [3.8, 4) is 17.2 Å². The zero-order valence-corrected chi connectivity index (χ0v) is 17.7. The highest BCUT2D eigenvalue weighted by Gasteiger charge is 2.24. The van der Waals surface area contributed by atoms with E-state index in [1.807, 2.05) is 24.3 Å². The van der Waals surface area contributed by atoms with Gasteiger partial charge in [0.15, 0.2) is 11.5 Å². The van der Waals surface area contributed by atoms with Crippen molar-refractivity contribution in [3.05, 3.63) is 52.0 Å². The molecule has 1 unspecified atom stereocenters. The number of methoxy groups -OCH3 is 3. The van der Waals surface area contributed by atoms with Crippen molar-refractivity contribution in [2.75, 3.05) is 21.3 Å². The zero-order chi connectivity index (χ0) is 21.0. The van der Waals surface area contributed by atoms with Crippen LogP contribution in [0.5, 0.6) is 17.2 Å². The van der Waals surface area contributed by atoms with Crippen LogP contribution in [0.3, 0.4) is 0 Å². The molecule has 1 aliphatic heterocycles. The fraction of sp³-hybridized carbons (Fsp3) is 0.250. The van der Waals surface area contributed by atoms with Gasteiger partial charge in [0.2, 0.25) is 17.6 Å². The Labute approximate surface area is 176 Å². The van der Waals surface area contributed by atoms with Gasteiger partial charge in [0.25, 0.3) is 5.91 Å². The Morgan fingerprint density at radius 3 is 2.28 bits per heavy atom. The first kappa shape index (κ1) is 20.7. The normalized spacial score (nSPS) is 15.8. The predicted molar refractivity (Wildman–Crippen MR) is 111 cm³/mol. The van der Waals surface area contributed by atoms with Gasteiger partial charge in [0.05, 0.1) is 33.8 Å². The molecule has 0 radical (unpaired) electrons. The molecule has 0 aliphatic carbocycles. The number of hydrogen-bond donors (Lipinski definition) is 2. The third-order valence-electron chi connectivity index (χ3n) is 4.34. The first-order valence-electron chi connectivity index (χ1n) is 8.69. The third kappa shape index (κ3) is 4.68. The number of aliphatic imine (C=N–C) groups is 1. The second kappa shape index (κ2) is 8.95. The first-order chi connectivity index (χ1) is 13.9. The Kier molecular flexibility index (Phi) is 6.38. The molecule has 2 aromatic carbocycles. The average molecular weight is 462 g/mol. The number of amides is 2. The van der Waals surface area contributed by atoms with E-state index in [1.165, 1.54) is 33.5 Å². The van der Waals surface area contributed by atoms with E-state index in [0.717, 1.165) is 10.0 Å². The SMILES string of the molecule is COc1cc(C(=O)NC2=NC(c3ccc(Br)cc3)CC(=O)N2)cc(OC)c1OC.